The molecule has 1 unspecified atom stereocenters. The lowest BCUT2D eigenvalue weighted by Gasteiger charge is -2.25. The van der Waals surface area contributed by atoms with E-state index in [0.29, 0.717) is 28.5 Å². The molecule has 7 nitrogen and oxygen atoms in total. The van der Waals surface area contributed by atoms with Crippen LogP contribution in [0.25, 0.3) is 5.76 Å². The van der Waals surface area contributed by atoms with E-state index in [2.05, 4.69) is 0 Å². The van der Waals surface area contributed by atoms with Crippen molar-refractivity contribution >= 4 is 34.5 Å². The van der Waals surface area contributed by atoms with Crippen LogP contribution >= 0.6 is 11.3 Å². The van der Waals surface area contributed by atoms with Crippen molar-refractivity contribution in [1.29, 1.82) is 0 Å². The second-order valence-electron chi connectivity index (χ2n) is 7.86. The summed E-state index contributed by atoms with van der Waals surface area (Å²) in [4.78, 5) is 28.9. The standard InChI is InChI=1S/C26H25NO6S/c1-14-10-11-34-25(14)22-21(23(28)18-8-7-17(31-3)12-15(18)2)24(29)26(30)27(22)16-6-9-19(32-4)20(13-16)33-5/h6-13,22,28H,1-5H3/b23-21-. The maximum Gasteiger partial charge on any atom is 0.300 e. The van der Waals surface area contributed by atoms with Gasteiger partial charge in [0.2, 0.25) is 0 Å². The molecule has 1 N–H and O–H groups in total. The summed E-state index contributed by atoms with van der Waals surface area (Å²) in [5.74, 6) is -0.141. The summed E-state index contributed by atoms with van der Waals surface area (Å²) < 4.78 is 16.0. The number of aliphatic hydroxyl groups is 1. The number of ether oxygens (including phenoxy) is 3. The molecule has 2 heterocycles. The Hall–Kier alpha value is -3.78. The number of carbonyl (C=O) groups excluding carboxylic acids is 2. The van der Waals surface area contributed by atoms with E-state index in [-0.39, 0.29) is 11.3 Å². The lowest BCUT2D eigenvalue weighted by atomic mass is 9.96. The largest absolute Gasteiger partial charge is 0.507 e. The Labute approximate surface area is 201 Å². The summed E-state index contributed by atoms with van der Waals surface area (Å²) in [7, 11) is 4.58. The molecule has 0 spiro atoms. The van der Waals surface area contributed by atoms with Gasteiger partial charge in [-0.1, -0.05) is 0 Å². The molecule has 1 atom stereocenters. The maximum atomic E-state index is 13.4. The van der Waals surface area contributed by atoms with Crippen LogP contribution in [-0.2, 0) is 9.59 Å². The van der Waals surface area contributed by atoms with Crippen LogP contribution in [0.1, 0.15) is 27.6 Å². The van der Waals surface area contributed by atoms with Crippen molar-refractivity contribution in [3.8, 4) is 17.2 Å². The summed E-state index contributed by atoms with van der Waals surface area (Å²) >= 11 is 1.43. The van der Waals surface area contributed by atoms with Gasteiger partial charge in [0.15, 0.2) is 11.5 Å². The van der Waals surface area contributed by atoms with Gasteiger partial charge in [-0.3, -0.25) is 14.5 Å². The Kier molecular flexibility index (Phi) is 6.34. The molecule has 8 heteroatoms. The number of carbonyl (C=O) groups is 2. The van der Waals surface area contributed by atoms with Crippen LogP contribution in [-0.4, -0.2) is 38.1 Å². The second-order valence-corrected chi connectivity index (χ2v) is 8.80. The zero-order valence-corrected chi connectivity index (χ0v) is 20.4. The van der Waals surface area contributed by atoms with Crippen LogP contribution in [0.15, 0.2) is 53.4 Å². The number of anilines is 1. The molecule has 0 radical (unpaired) electrons. The Balaban J connectivity index is 1.95. The van der Waals surface area contributed by atoms with Crippen LogP contribution in [0.5, 0.6) is 17.2 Å². The van der Waals surface area contributed by atoms with Crippen LogP contribution < -0.4 is 19.1 Å². The van der Waals surface area contributed by atoms with Gasteiger partial charge >= 0.3 is 0 Å². The van der Waals surface area contributed by atoms with Crippen molar-refractivity contribution in [3.63, 3.8) is 0 Å². The maximum absolute atomic E-state index is 13.4. The van der Waals surface area contributed by atoms with Crippen LogP contribution in [0.2, 0.25) is 0 Å². The average molecular weight is 480 g/mol. The van der Waals surface area contributed by atoms with Gasteiger partial charge in [0, 0.05) is 22.2 Å². The molecule has 3 aromatic rings. The molecule has 176 valence electrons. The Bertz CT molecular complexity index is 1310. The van der Waals surface area contributed by atoms with Crippen molar-refractivity contribution in [2.24, 2.45) is 0 Å². The third-order valence-electron chi connectivity index (χ3n) is 5.93. The summed E-state index contributed by atoms with van der Waals surface area (Å²) in [6.45, 7) is 3.73. The molecule has 1 aromatic heterocycles. The molecule has 1 amide bonds. The second kappa shape index (κ2) is 9.23. The third-order valence-corrected chi connectivity index (χ3v) is 7.00. The molecular weight excluding hydrogens is 454 g/mol. The number of aliphatic hydroxyl groups excluding tert-OH is 1. The Morgan fingerprint density at radius 3 is 2.24 bits per heavy atom. The van der Waals surface area contributed by atoms with Gasteiger partial charge < -0.3 is 19.3 Å². The highest BCUT2D eigenvalue weighted by Gasteiger charge is 2.48. The number of benzene rings is 2. The summed E-state index contributed by atoms with van der Waals surface area (Å²) in [6.07, 6.45) is 0. The number of hydrogen-bond acceptors (Lipinski definition) is 7. The number of methoxy groups -OCH3 is 3. The van der Waals surface area contributed by atoms with Crippen LogP contribution in [0.4, 0.5) is 5.69 Å². The average Bonchev–Trinajstić information content (AvgIpc) is 3.38. The number of nitrogens with zero attached hydrogens (tertiary/aromatic N) is 1. The fourth-order valence-electron chi connectivity index (χ4n) is 4.16. The van der Waals surface area contributed by atoms with Crippen molar-refractivity contribution < 1.29 is 28.9 Å². The number of hydrogen-bond donors (Lipinski definition) is 1. The first kappa shape index (κ1) is 23.4. The predicted molar refractivity (Wildman–Crippen MR) is 131 cm³/mol. The number of Topliss-reactive ketones (excluding diaryl/α,β-unsaturated/α-hetero) is 1. The van der Waals surface area contributed by atoms with Crippen molar-refractivity contribution in [3.05, 3.63) is 75.0 Å². The minimum absolute atomic E-state index is 0.0404. The SMILES string of the molecule is COc1ccc(/C(O)=C2/C(=O)C(=O)N(c3ccc(OC)c(OC)c3)C2c2sccc2C)c(C)c1. The zero-order valence-electron chi connectivity index (χ0n) is 19.5. The Morgan fingerprint density at radius 2 is 1.65 bits per heavy atom. The highest BCUT2D eigenvalue weighted by atomic mass is 32.1. The van der Waals surface area contributed by atoms with Crippen LogP contribution in [0, 0.1) is 13.8 Å². The molecule has 0 aliphatic carbocycles. The van der Waals surface area contributed by atoms with E-state index in [1.165, 1.54) is 30.5 Å². The highest BCUT2D eigenvalue weighted by Crippen LogP contribution is 2.46. The molecule has 1 aliphatic heterocycles. The molecule has 4 rings (SSSR count). The van der Waals surface area contributed by atoms with Gasteiger partial charge in [-0.2, -0.15) is 0 Å². The number of aryl methyl sites for hydroxylation is 2. The van der Waals surface area contributed by atoms with E-state index in [1.807, 2.05) is 25.3 Å². The van der Waals surface area contributed by atoms with E-state index in [0.717, 1.165) is 16.0 Å². The van der Waals surface area contributed by atoms with E-state index < -0.39 is 17.7 Å². The zero-order chi connectivity index (χ0) is 24.6. The van der Waals surface area contributed by atoms with Gasteiger partial charge in [0.05, 0.1) is 26.9 Å². The van der Waals surface area contributed by atoms with E-state index in [9.17, 15) is 14.7 Å². The minimum Gasteiger partial charge on any atom is -0.507 e. The quantitative estimate of drug-likeness (QED) is 0.304. The molecular formula is C26H25NO6S. The summed E-state index contributed by atoms with van der Waals surface area (Å²) in [5.41, 5.74) is 2.60. The van der Waals surface area contributed by atoms with Gasteiger partial charge in [0.25, 0.3) is 11.7 Å². The fraction of sp³-hybridized carbons (Fsp3) is 0.231. The van der Waals surface area contributed by atoms with Gasteiger partial charge in [-0.25, -0.2) is 0 Å². The first-order valence-electron chi connectivity index (χ1n) is 10.5. The van der Waals surface area contributed by atoms with E-state index >= 15 is 0 Å². The van der Waals surface area contributed by atoms with E-state index in [1.54, 1.807) is 43.5 Å². The predicted octanol–water partition coefficient (Wildman–Crippen LogP) is 5.02. The molecule has 1 aliphatic rings. The van der Waals surface area contributed by atoms with Gasteiger partial charge in [-0.05, 0) is 66.8 Å². The lowest BCUT2D eigenvalue weighted by molar-refractivity contribution is -0.132. The minimum atomic E-state index is -0.792. The Morgan fingerprint density at radius 1 is 0.912 bits per heavy atom. The molecule has 34 heavy (non-hydrogen) atoms. The topological polar surface area (TPSA) is 85.3 Å². The highest BCUT2D eigenvalue weighted by molar-refractivity contribution is 7.10. The molecule has 0 saturated carbocycles. The summed E-state index contributed by atoms with van der Waals surface area (Å²) in [5, 5.41) is 13.3. The third kappa shape index (κ3) is 3.80. The lowest BCUT2D eigenvalue weighted by Crippen LogP contribution is -2.29. The summed E-state index contributed by atoms with van der Waals surface area (Å²) in [6, 6.07) is 11.3. The number of amides is 1. The van der Waals surface area contributed by atoms with Crippen molar-refractivity contribution in [2.75, 3.05) is 26.2 Å². The monoisotopic (exact) mass is 479 g/mol. The van der Waals surface area contributed by atoms with E-state index in [4.69, 9.17) is 14.2 Å². The smallest absolute Gasteiger partial charge is 0.300 e. The van der Waals surface area contributed by atoms with Gasteiger partial charge in [0.1, 0.15) is 17.6 Å². The molecule has 0 bridgehead atoms. The fourth-order valence-corrected chi connectivity index (χ4v) is 5.18. The van der Waals surface area contributed by atoms with Crippen molar-refractivity contribution in [2.45, 2.75) is 19.9 Å². The number of rotatable bonds is 6. The molecule has 1 fully saturated rings. The number of ketones is 1. The first-order valence-corrected chi connectivity index (χ1v) is 11.4. The van der Waals surface area contributed by atoms with Crippen LogP contribution in [0.3, 0.4) is 0 Å². The van der Waals surface area contributed by atoms with Gasteiger partial charge in [-0.15, -0.1) is 11.3 Å². The number of thiophene rings is 1. The first-order chi connectivity index (χ1) is 16.3. The normalized spacial score (nSPS) is 17.2. The molecule has 2 aromatic carbocycles. The molecule has 1 saturated heterocycles. The van der Waals surface area contributed by atoms with Crippen molar-refractivity contribution in [1.82, 2.24) is 0 Å².